The monoisotopic (exact) mass is 462 g/mol. The average Bonchev–Trinajstić information content (AvgIpc) is 3.13. The van der Waals surface area contributed by atoms with Crippen LogP contribution in [0.1, 0.15) is 12.0 Å². The van der Waals surface area contributed by atoms with Crippen molar-refractivity contribution in [1.82, 2.24) is 20.2 Å². The van der Waals surface area contributed by atoms with Crippen LogP contribution < -0.4 is 5.43 Å². The molecular formula is C24H32ClFN4O2. The Balaban J connectivity index is 1.79. The van der Waals surface area contributed by atoms with Crippen molar-refractivity contribution in [1.29, 1.82) is 0 Å². The lowest BCUT2D eigenvalue weighted by molar-refractivity contribution is -0.128. The number of carbonyl (C=O) groups is 1. The van der Waals surface area contributed by atoms with Gasteiger partial charge in [0.25, 0.3) is 5.91 Å². The van der Waals surface area contributed by atoms with E-state index in [-0.39, 0.29) is 11.7 Å². The van der Waals surface area contributed by atoms with Crippen molar-refractivity contribution in [2.45, 2.75) is 24.4 Å². The van der Waals surface area contributed by atoms with E-state index in [0.29, 0.717) is 25.3 Å². The lowest BCUT2D eigenvalue weighted by Gasteiger charge is -2.30. The fraction of sp³-hybridized carbons (Fsp3) is 0.458. The quantitative estimate of drug-likeness (QED) is 0.329. The zero-order valence-corrected chi connectivity index (χ0v) is 19.7. The van der Waals surface area contributed by atoms with Crippen LogP contribution in [-0.2, 0) is 16.1 Å². The molecule has 1 fully saturated rings. The van der Waals surface area contributed by atoms with Crippen LogP contribution in [0, 0.1) is 0 Å². The minimum absolute atomic E-state index is 0.122. The highest BCUT2D eigenvalue weighted by Crippen LogP contribution is 2.26. The molecule has 0 radical (unpaired) electrons. The third kappa shape index (κ3) is 6.19. The Hall–Kier alpha value is -2.19. The van der Waals surface area contributed by atoms with E-state index in [2.05, 4.69) is 27.4 Å². The number of rotatable bonds is 10. The highest BCUT2D eigenvalue weighted by atomic mass is 35.5. The topological polar surface area (TPSA) is 48.1 Å². The number of carbonyl (C=O) groups excluding carboxylic acids is 1. The molecule has 1 N–H and O–H groups in total. The summed E-state index contributed by atoms with van der Waals surface area (Å²) in [6.07, 6.45) is 5.17. The molecule has 0 saturated carbocycles. The number of allylic oxidation sites excluding steroid dienone is 2. The second-order valence-corrected chi connectivity index (χ2v) is 8.71. The molecule has 1 saturated heterocycles. The van der Waals surface area contributed by atoms with Crippen LogP contribution in [0.2, 0.25) is 0 Å². The molecule has 1 amide bonds. The molecule has 1 aromatic carbocycles. The molecular weight excluding hydrogens is 431 g/mol. The van der Waals surface area contributed by atoms with Crippen molar-refractivity contribution in [3.8, 4) is 0 Å². The van der Waals surface area contributed by atoms with Gasteiger partial charge in [-0.25, -0.2) is 9.82 Å². The predicted molar refractivity (Wildman–Crippen MR) is 126 cm³/mol. The first-order chi connectivity index (χ1) is 15.4. The van der Waals surface area contributed by atoms with Gasteiger partial charge in [0, 0.05) is 52.6 Å². The van der Waals surface area contributed by atoms with Gasteiger partial charge in [0.15, 0.2) is 0 Å². The molecule has 174 valence electrons. The van der Waals surface area contributed by atoms with Crippen molar-refractivity contribution in [3.63, 3.8) is 0 Å². The minimum atomic E-state index is -0.626. The van der Waals surface area contributed by atoms with Crippen LogP contribution in [-0.4, -0.2) is 79.6 Å². The third-order valence-electron chi connectivity index (χ3n) is 5.66. The van der Waals surface area contributed by atoms with Crippen molar-refractivity contribution < 1.29 is 13.9 Å². The molecule has 3 rings (SSSR count). The molecule has 0 aromatic heterocycles. The van der Waals surface area contributed by atoms with E-state index in [1.807, 2.05) is 32.3 Å². The first kappa shape index (κ1) is 24.5. The first-order valence-electron chi connectivity index (χ1n) is 10.8. The smallest absolute Gasteiger partial charge is 0.267 e. The highest BCUT2D eigenvalue weighted by molar-refractivity contribution is 6.22. The number of nitrogens with one attached hydrogen (secondary N) is 1. The molecule has 1 aliphatic heterocycles. The predicted octanol–water partition coefficient (Wildman–Crippen LogP) is 3.09. The largest absolute Gasteiger partial charge is 0.385 e. The summed E-state index contributed by atoms with van der Waals surface area (Å²) in [5.74, 6) is -0.507. The number of benzene rings is 1. The Kier molecular flexibility index (Phi) is 8.87. The lowest BCUT2D eigenvalue weighted by Crippen LogP contribution is -2.47. The minimum Gasteiger partial charge on any atom is -0.385 e. The second-order valence-electron chi connectivity index (χ2n) is 8.21. The summed E-state index contributed by atoms with van der Waals surface area (Å²) in [7, 11) is 5.74. The molecule has 1 heterocycles. The van der Waals surface area contributed by atoms with Gasteiger partial charge in [-0.3, -0.25) is 14.7 Å². The van der Waals surface area contributed by atoms with Gasteiger partial charge >= 0.3 is 0 Å². The Morgan fingerprint density at radius 1 is 1.31 bits per heavy atom. The fourth-order valence-electron chi connectivity index (χ4n) is 3.99. The van der Waals surface area contributed by atoms with Gasteiger partial charge in [-0.2, -0.15) is 0 Å². The summed E-state index contributed by atoms with van der Waals surface area (Å²) in [6, 6.07) is 9.81. The Labute approximate surface area is 194 Å². The van der Waals surface area contributed by atoms with Gasteiger partial charge in [0.1, 0.15) is 5.83 Å². The van der Waals surface area contributed by atoms with Crippen LogP contribution in [0.4, 0.5) is 4.39 Å². The van der Waals surface area contributed by atoms with Gasteiger partial charge in [-0.05, 0) is 31.2 Å². The van der Waals surface area contributed by atoms with E-state index < -0.39 is 11.4 Å². The number of ether oxygens (including phenoxy) is 1. The maximum atomic E-state index is 13.5. The van der Waals surface area contributed by atoms with Crippen LogP contribution in [0.5, 0.6) is 0 Å². The number of hydrazine groups is 1. The zero-order chi connectivity index (χ0) is 23.1. The number of methoxy groups -OCH3 is 1. The Bertz CT molecular complexity index is 874. The van der Waals surface area contributed by atoms with Crippen molar-refractivity contribution >= 4 is 17.5 Å². The highest BCUT2D eigenvalue weighted by Gasteiger charge is 2.37. The number of amides is 1. The maximum Gasteiger partial charge on any atom is 0.267 e. The van der Waals surface area contributed by atoms with E-state index in [4.69, 9.17) is 16.3 Å². The molecule has 0 bridgehead atoms. The Morgan fingerprint density at radius 2 is 2.06 bits per heavy atom. The van der Waals surface area contributed by atoms with Crippen molar-refractivity contribution in [2.75, 3.05) is 47.4 Å². The van der Waals surface area contributed by atoms with Gasteiger partial charge in [0.2, 0.25) is 0 Å². The first-order valence-corrected chi connectivity index (χ1v) is 11.3. The van der Waals surface area contributed by atoms with Gasteiger partial charge in [0.05, 0.1) is 17.0 Å². The lowest BCUT2D eigenvalue weighted by atomic mass is 10.1. The molecule has 2 unspecified atom stereocenters. The van der Waals surface area contributed by atoms with E-state index in [0.717, 1.165) is 25.2 Å². The van der Waals surface area contributed by atoms with Crippen LogP contribution in [0.15, 0.2) is 65.7 Å². The number of hydrogen-bond donors (Lipinski definition) is 1. The number of halogens is 2. The normalized spacial score (nSPS) is 22.5. The molecule has 2 atom stereocenters. The molecule has 8 heteroatoms. The summed E-state index contributed by atoms with van der Waals surface area (Å²) in [4.78, 5) is 17.7. The maximum absolute atomic E-state index is 13.5. The summed E-state index contributed by atoms with van der Waals surface area (Å²) >= 11 is 6.32. The fourth-order valence-corrected chi connectivity index (χ4v) is 4.31. The van der Waals surface area contributed by atoms with E-state index in [1.165, 1.54) is 22.7 Å². The number of likely N-dealkylation sites (N-methyl/N-ethyl adjacent to an activating group) is 2. The van der Waals surface area contributed by atoms with Gasteiger partial charge < -0.3 is 9.64 Å². The number of nitrogens with zero attached hydrogens (tertiary/aromatic N) is 3. The third-order valence-corrected chi connectivity index (χ3v) is 6.05. The van der Waals surface area contributed by atoms with Crippen LogP contribution in [0.25, 0.3) is 0 Å². The molecule has 1 aliphatic carbocycles. The molecule has 6 nitrogen and oxygen atoms in total. The summed E-state index contributed by atoms with van der Waals surface area (Å²) < 4.78 is 18.7. The van der Waals surface area contributed by atoms with E-state index in [1.54, 1.807) is 13.2 Å². The zero-order valence-electron chi connectivity index (χ0n) is 18.9. The molecule has 0 spiro atoms. The summed E-state index contributed by atoms with van der Waals surface area (Å²) in [6.45, 7) is 3.23. The van der Waals surface area contributed by atoms with E-state index in [9.17, 15) is 9.18 Å². The van der Waals surface area contributed by atoms with Gasteiger partial charge in [-0.1, -0.05) is 36.4 Å². The number of alkyl halides is 1. The molecule has 2 aliphatic rings. The van der Waals surface area contributed by atoms with Crippen LogP contribution >= 0.6 is 11.6 Å². The van der Waals surface area contributed by atoms with E-state index >= 15 is 0 Å². The van der Waals surface area contributed by atoms with Crippen LogP contribution in [0.3, 0.4) is 0 Å². The van der Waals surface area contributed by atoms with Gasteiger partial charge in [-0.15, -0.1) is 11.6 Å². The molecule has 32 heavy (non-hydrogen) atoms. The van der Waals surface area contributed by atoms with Crippen molar-refractivity contribution in [3.05, 3.63) is 71.2 Å². The average molecular weight is 463 g/mol. The Morgan fingerprint density at radius 3 is 2.75 bits per heavy atom. The number of hydrogen-bond acceptors (Lipinski definition) is 5. The molecule has 1 aromatic rings. The standard InChI is InChI=1S/C24H32ClFN4O2/c1-28(16-18-8-5-4-6-9-18)17-23(29(2)12-7-13-32-3)20-15-27-30(24(20)31)22-11-10-19(26)14-21(22)25/h4-6,8-11,14,21-22,27H,7,12-13,15-17H2,1-3H3. The second kappa shape index (κ2) is 11.6. The summed E-state index contributed by atoms with van der Waals surface area (Å²) in [5.41, 5.74) is 6.05. The summed E-state index contributed by atoms with van der Waals surface area (Å²) in [5, 5.41) is 0.895. The SMILES string of the molecule is COCCCN(C)C(CN(C)Cc1ccccc1)=C1CNN(C2C=CC(F)=CC2Cl)C1=O. The van der Waals surface area contributed by atoms with Crippen molar-refractivity contribution in [2.24, 2.45) is 0 Å².